The second-order valence-electron chi connectivity index (χ2n) is 3.57. The Bertz CT molecular complexity index is 504. The highest BCUT2D eigenvalue weighted by molar-refractivity contribution is 5.26. The molecule has 3 heteroatoms. The molecule has 0 bridgehead atoms. The lowest BCUT2D eigenvalue weighted by Gasteiger charge is -2.08. The van der Waals surface area contributed by atoms with Crippen molar-refractivity contribution in [3.8, 4) is 17.6 Å². The standard InChI is InChI=1S/C16H15FO2/c1-2-3-4-5-6-7-8-15(18)13-19-16-11-9-14(17)10-12-16/h2-4,7-12,15,18H,1,13H2/b4-3+,8-7+/t15-/m0/s1. The van der Waals surface area contributed by atoms with Crippen LogP contribution in [0.2, 0.25) is 0 Å². The minimum absolute atomic E-state index is 0.0896. The Kier molecular flexibility index (Phi) is 6.78. The highest BCUT2D eigenvalue weighted by Crippen LogP contribution is 2.11. The van der Waals surface area contributed by atoms with E-state index in [0.717, 1.165) is 0 Å². The van der Waals surface area contributed by atoms with E-state index in [4.69, 9.17) is 4.74 Å². The summed E-state index contributed by atoms with van der Waals surface area (Å²) in [5.41, 5.74) is 0. The molecule has 0 radical (unpaired) electrons. The van der Waals surface area contributed by atoms with Crippen molar-refractivity contribution in [1.29, 1.82) is 0 Å². The molecule has 0 fully saturated rings. The van der Waals surface area contributed by atoms with E-state index in [1.807, 2.05) is 0 Å². The van der Waals surface area contributed by atoms with Gasteiger partial charge in [0.05, 0.1) is 0 Å². The first kappa shape index (κ1) is 14.7. The van der Waals surface area contributed by atoms with Gasteiger partial charge in [-0.25, -0.2) is 4.39 Å². The van der Waals surface area contributed by atoms with E-state index in [1.54, 1.807) is 24.3 Å². The number of rotatable bonds is 5. The third kappa shape index (κ3) is 6.87. The average Bonchev–Trinajstić information content (AvgIpc) is 2.42. The highest BCUT2D eigenvalue weighted by Gasteiger charge is 2.00. The molecule has 0 heterocycles. The van der Waals surface area contributed by atoms with E-state index in [1.165, 1.54) is 30.3 Å². The van der Waals surface area contributed by atoms with Crippen molar-refractivity contribution in [1.82, 2.24) is 0 Å². The van der Waals surface area contributed by atoms with E-state index in [9.17, 15) is 9.50 Å². The highest BCUT2D eigenvalue weighted by atomic mass is 19.1. The number of ether oxygens (including phenoxy) is 1. The number of benzene rings is 1. The van der Waals surface area contributed by atoms with Crippen LogP contribution in [0.25, 0.3) is 0 Å². The summed E-state index contributed by atoms with van der Waals surface area (Å²) < 4.78 is 17.9. The maximum Gasteiger partial charge on any atom is 0.123 e. The normalized spacial score (nSPS) is 12.1. The largest absolute Gasteiger partial charge is 0.491 e. The van der Waals surface area contributed by atoms with Crippen molar-refractivity contribution < 1.29 is 14.2 Å². The van der Waals surface area contributed by atoms with Gasteiger partial charge >= 0.3 is 0 Å². The summed E-state index contributed by atoms with van der Waals surface area (Å²) in [5, 5.41) is 9.58. The zero-order valence-corrected chi connectivity index (χ0v) is 10.4. The maximum absolute atomic E-state index is 12.6. The third-order valence-corrected chi connectivity index (χ3v) is 2.04. The van der Waals surface area contributed by atoms with Crippen LogP contribution in [0.15, 0.2) is 61.2 Å². The van der Waals surface area contributed by atoms with Crippen molar-refractivity contribution in [2.45, 2.75) is 6.10 Å². The van der Waals surface area contributed by atoms with Gasteiger partial charge in [0.15, 0.2) is 0 Å². The fourth-order valence-electron chi connectivity index (χ4n) is 1.14. The van der Waals surface area contributed by atoms with Crippen molar-refractivity contribution in [2.75, 3.05) is 6.61 Å². The third-order valence-electron chi connectivity index (χ3n) is 2.04. The maximum atomic E-state index is 12.6. The monoisotopic (exact) mass is 258 g/mol. The quantitative estimate of drug-likeness (QED) is 0.650. The van der Waals surface area contributed by atoms with Crippen LogP contribution in [0, 0.1) is 17.7 Å². The van der Waals surface area contributed by atoms with Gasteiger partial charge in [0, 0.05) is 0 Å². The summed E-state index contributed by atoms with van der Waals surface area (Å²) in [6.07, 6.45) is 7.31. The molecule has 19 heavy (non-hydrogen) atoms. The summed E-state index contributed by atoms with van der Waals surface area (Å²) >= 11 is 0. The SMILES string of the molecule is C=C/C=C/C#C/C=C/[C@H](O)COc1ccc(F)cc1. The second kappa shape index (κ2) is 8.73. The topological polar surface area (TPSA) is 29.5 Å². The molecule has 0 amide bonds. The lowest BCUT2D eigenvalue weighted by atomic mass is 10.3. The molecule has 1 rings (SSSR count). The Balaban J connectivity index is 2.34. The van der Waals surface area contributed by atoms with Crippen molar-refractivity contribution in [3.63, 3.8) is 0 Å². The van der Waals surface area contributed by atoms with Gasteiger partial charge < -0.3 is 9.84 Å². The summed E-state index contributed by atoms with van der Waals surface area (Å²) in [7, 11) is 0. The van der Waals surface area contributed by atoms with Gasteiger partial charge in [-0.1, -0.05) is 30.6 Å². The molecule has 1 atom stereocenters. The molecule has 1 aromatic carbocycles. The Morgan fingerprint density at radius 2 is 1.95 bits per heavy atom. The van der Waals surface area contributed by atoms with Gasteiger partial charge in [0.25, 0.3) is 0 Å². The molecule has 0 saturated carbocycles. The molecule has 98 valence electrons. The minimum atomic E-state index is -0.761. The summed E-state index contributed by atoms with van der Waals surface area (Å²) in [5.74, 6) is 5.65. The van der Waals surface area contributed by atoms with Gasteiger partial charge in [-0.2, -0.15) is 0 Å². The van der Waals surface area contributed by atoms with Gasteiger partial charge in [-0.05, 0) is 42.5 Å². The Morgan fingerprint density at radius 1 is 1.26 bits per heavy atom. The van der Waals surface area contributed by atoms with Crippen LogP contribution in [-0.4, -0.2) is 17.8 Å². The lowest BCUT2D eigenvalue weighted by molar-refractivity contribution is 0.144. The number of halogens is 1. The molecule has 0 spiro atoms. The molecule has 0 aliphatic rings. The predicted molar refractivity (Wildman–Crippen MR) is 74.2 cm³/mol. The van der Waals surface area contributed by atoms with E-state index in [0.29, 0.717) is 5.75 Å². The molecule has 0 unspecified atom stereocenters. The van der Waals surface area contributed by atoms with Crippen LogP contribution in [0.1, 0.15) is 0 Å². The van der Waals surface area contributed by atoms with Gasteiger partial charge in [0.2, 0.25) is 0 Å². The summed E-state index contributed by atoms with van der Waals surface area (Å²) in [6.45, 7) is 3.60. The van der Waals surface area contributed by atoms with E-state index < -0.39 is 6.10 Å². The van der Waals surface area contributed by atoms with Crippen molar-refractivity contribution >= 4 is 0 Å². The number of aliphatic hydroxyl groups is 1. The summed E-state index contributed by atoms with van der Waals surface area (Å²) in [6, 6.07) is 5.61. The van der Waals surface area contributed by atoms with E-state index >= 15 is 0 Å². The van der Waals surface area contributed by atoms with Crippen LogP contribution in [-0.2, 0) is 0 Å². The predicted octanol–water partition coefficient (Wildman–Crippen LogP) is 2.87. The first-order valence-corrected chi connectivity index (χ1v) is 5.74. The molecule has 0 saturated heterocycles. The first-order chi connectivity index (χ1) is 9.22. The second-order valence-corrected chi connectivity index (χ2v) is 3.57. The van der Waals surface area contributed by atoms with E-state index in [-0.39, 0.29) is 12.4 Å². The average molecular weight is 258 g/mol. The van der Waals surface area contributed by atoms with Crippen molar-refractivity contribution in [3.05, 3.63) is 67.0 Å². The smallest absolute Gasteiger partial charge is 0.123 e. The molecule has 1 aromatic rings. The Morgan fingerprint density at radius 3 is 2.63 bits per heavy atom. The first-order valence-electron chi connectivity index (χ1n) is 5.74. The molecule has 2 nitrogen and oxygen atoms in total. The number of aliphatic hydroxyl groups excluding tert-OH is 1. The number of hydrogen-bond acceptors (Lipinski definition) is 2. The van der Waals surface area contributed by atoms with Crippen LogP contribution < -0.4 is 4.74 Å². The molecule has 0 aliphatic carbocycles. The molecular formula is C16H15FO2. The number of hydrogen-bond donors (Lipinski definition) is 1. The summed E-state index contributed by atoms with van der Waals surface area (Å²) in [4.78, 5) is 0. The lowest BCUT2D eigenvalue weighted by Crippen LogP contribution is -2.14. The molecule has 0 aliphatic heterocycles. The van der Waals surface area contributed by atoms with Crippen LogP contribution >= 0.6 is 0 Å². The van der Waals surface area contributed by atoms with E-state index in [2.05, 4.69) is 18.4 Å². The fraction of sp³-hybridized carbons (Fsp3) is 0.125. The van der Waals surface area contributed by atoms with Gasteiger partial charge in [-0.3, -0.25) is 0 Å². The van der Waals surface area contributed by atoms with Gasteiger partial charge in [-0.15, -0.1) is 0 Å². The molecular weight excluding hydrogens is 243 g/mol. The van der Waals surface area contributed by atoms with Crippen LogP contribution in [0.5, 0.6) is 5.75 Å². The zero-order valence-electron chi connectivity index (χ0n) is 10.4. The Labute approximate surface area is 112 Å². The minimum Gasteiger partial charge on any atom is -0.491 e. The van der Waals surface area contributed by atoms with Crippen LogP contribution in [0.3, 0.4) is 0 Å². The van der Waals surface area contributed by atoms with Gasteiger partial charge in [0.1, 0.15) is 24.3 Å². The Hall–Kier alpha value is -2.31. The zero-order chi connectivity index (χ0) is 13.9. The molecule has 0 aromatic heterocycles. The fourth-order valence-corrected chi connectivity index (χ4v) is 1.14. The van der Waals surface area contributed by atoms with Crippen LogP contribution in [0.4, 0.5) is 4.39 Å². The number of allylic oxidation sites excluding steroid dienone is 4. The molecule has 1 N–H and O–H groups in total. The van der Waals surface area contributed by atoms with Crippen molar-refractivity contribution in [2.24, 2.45) is 0 Å².